The fourth-order valence-electron chi connectivity index (χ4n) is 4.24. The molecule has 8 heteroatoms. The fraction of sp³-hybridized carbons (Fsp3) is 0.579. The van der Waals surface area contributed by atoms with Crippen LogP contribution in [0.1, 0.15) is 29.6 Å². The maximum atomic E-state index is 13.1. The van der Waals surface area contributed by atoms with Crippen molar-refractivity contribution < 1.29 is 9.59 Å². The number of amides is 2. The Kier molecular flexibility index (Phi) is 6.62. The third-order valence-electron chi connectivity index (χ3n) is 5.99. The van der Waals surface area contributed by atoms with E-state index in [1.54, 1.807) is 40.9 Å². The number of hydrogen-bond acceptors (Lipinski definition) is 4. The van der Waals surface area contributed by atoms with E-state index in [4.69, 9.17) is 11.6 Å². The van der Waals surface area contributed by atoms with Crippen molar-refractivity contribution in [3.05, 3.63) is 34.9 Å². The van der Waals surface area contributed by atoms with Crippen molar-refractivity contribution in [3.63, 3.8) is 0 Å². The van der Waals surface area contributed by atoms with E-state index in [0.29, 0.717) is 27.6 Å². The zero-order valence-electron chi connectivity index (χ0n) is 15.2. The minimum atomic E-state index is -0.348. The minimum Gasteiger partial charge on any atom is -0.341 e. The lowest BCUT2D eigenvalue weighted by Gasteiger charge is -2.40. The monoisotopic (exact) mass is 429 g/mol. The summed E-state index contributed by atoms with van der Waals surface area (Å²) in [6.07, 6.45) is 3.35. The van der Waals surface area contributed by atoms with Crippen LogP contribution in [0.5, 0.6) is 0 Å². The number of nitrogens with one attached hydrogen (secondary N) is 1. The zero-order valence-corrected chi connectivity index (χ0v) is 17.5. The lowest BCUT2D eigenvalue weighted by atomic mass is 9.78. The lowest BCUT2D eigenvalue weighted by Crippen LogP contribution is -2.52. The molecule has 27 heavy (non-hydrogen) atoms. The first-order valence-corrected chi connectivity index (χ1v) is 10.8. The van der Waals surface area contributed by atoms with Gasteiger partial charge in [0.25, 0.3) is 5.91 Å². The van der Waals surface area contributed by atoms with E-state index in [1.165, 1.54) is 6.42 Å². The van der Waals surface area contributed by atoms with Gasteiger partial charge in [0, 0.05) is 36.0 Å². The van der Waals surface area contributed by atoms with Gasteiger partial charge in [-0.25, -0.2) is 0 Å². The van der Waals surface area contributed by atoms with E-state index in [-0.39, 0.29) is 30.3 Å². The first-order chi connectivity index (χ1) is 12.6. The van der Waals surface area contributed by atoms with Crippen LogP contribution in [0.25, 0.3) is 0 Å². The number of nitrogens with zero attached hydrogens (tertiary/aromatic N) is 2. The maximum absolute atomic E-state index is 13.1. The van der Waals surface area contributed by atoms with Crippen LogP contribution in [-0.4, -0.2) is 65.5 Å². The molecule has 1 atom stereocenters. The van der Waals surface area contributed by atoms with Crippen LogP contribution >= 0.6 is 35.8 Å². The van der Waals surface area contributed by atoms with E-state index in [1.807, 2.05) is 4.90 Å². The highest BCUT2D eigenvalue weighted by Gasteiger charge is 2.42. The van der Waals surface area contributed by atoms with Gasteiger partial charge in [-0.2, -0.15) is 0 Å². The number of hydrogen-bond donors (Lipinski definition) is 1. The van der Waals surface area contributed by atoms with Gasteiger partial charge in [0.1, 0.15) is 6.04 Å². The van der Waals surface area contributed by atoms with Gasteiger partial charge in [0.15, 0.2) is 0 Å². The Hall–Kier alpha value is -0.950. The minimum absolute atomic E-state index is 0. The highest BCUT2D eigenvalue weighted by Crippen LogP contribution is 2.37. The molecule has 3 aliphatic rings. The normalized spacial score (nSPS) is 24.1. The SMILES string of the molecule is Cl.O=C(C1CSCN1C(=O)c1ccc(Cl)cc1)N1CCC2(CCNC2)CC1. The van der Waals surface area contributed by atoms with E-state index in [0.717, 1.165) is 39.0 Å². The summed E-state index contributed by atoms with van der Waals surface area (Å²) in [7, 11) is 0. The van der Waals surface area contributed by atoms with Crippen molar-refractivity contribution in [2.45, 2.75) is 25.3 Å². The van der Waals surface area contributed by atoms with Gasteiger partial charge in [-0.15, -0.1) is 24.2 Å². The molecule has 148 valence electrons. The van der Waals surface area contributed by atoms with Crippen LogP contribution in [0.2, 0.25) is 5.02 Å². The Morgan fingerprint density at radius 3 is 2.48 bits per heavy atom. The lowest BCUT2D eigenvalue weighted by molar-refractivity contribution is -0.137. The number of carbonyl (C=O) groups excluding carboxylic acids is 2. The Morgan fingerprint density at radius 2 is 1.85 bits per heavy atom. The van der Waals surface area contributed by atoms with Crippen LogP contribution in [0.4, 0.5) is 0 Å². The molecule has 1 N–H and O–H groups in total. The van der Waals surface area contributed by atoms with Crippen LogP contribution in [0.3, 0.4) is 0 Å². The fourth-order valence-corrected chi connectivity index (χ4v) is 5.51. The van der Waals surface area contributed by atoms with Gasteiger partial charge in [-0.1, -0.05) is 11.6 Å². The second-order valence-corrected chi connectivity index (χ2v) is 8.99. The van der Waals surface area contributed by atoms with Crippen LogP contribution in [0.15, 0.2) is 24.3 Å². The molecule has 0 aromatic heterocycles. The van der Waals surface area contributed by atoms with Gasteiger partial charge in [0.05, 0.1) is 5.88 Å². The summed E-state index contributed by atoms with van der Waals surface area (Å²) < 4.78 is 0. The summed E-state index contributed by atoms with van der Waals surface area (Å²) in [5.74, 6) is 1.28. The Balaban J connectivity index is 0.00000210. The molecule has 3 aliphatic heterocycles. The van der Waals surface area contributed by atoms with Crippen LogP contribution < -0.4 is 5.32 Å². The van der Waals surface area contributed by atoms with E-state index < -0.39 is 0 Å². The molecule has 1 aromatic carbocycles. The average molecular weight is 430 g/mol. The summed E-state index contributed by atoms with van der Waals surface area (Å²) in [5.41, 5.74) is 0.976. The second kappa shape index (κ2) is 8.60. The highest BCUT2D eigenvalue weighted by atomic mass is 35.5. The molecule has 3 heterocycles. The van der Waals surface area contributed by atoms with Crippen LogP contribution in [0, 0.1) is 5.41 Å². The van der Waals surface area contributed by atoms with Crippen molar-refractivity contribution in [2.24, 2.45) is 5.41 Å². The molecule has 3 fully saturated rings. The highest BCUT2D eigenvalue weighted by molar-refractivity contribution is 7.99. The molecule has 2 amide bonds. The molecule has 1 spiro atoms. The van der Waals surface area contributed by atoms with Crippen molar-refractivity contribution in [2.75, 3.05) is 37.8 Å². The molecule has 0 aliphatic carbocycles. The van der Waals surface area contributed by atoms with E-state index in [9.17, 15) is 9.59 Å². The quantitative estimate of drug-likeness (QED) is 0.784. The molecule has 3 saturated heterocycles. The standard InChI is InChI=1S/C19H24ClN3O2S.ClH/c20-15-3-1-14(2-4-15)17(24)23-13-26-11-16(23)18(25)22-9-6-19(7-10-22)5-8-21-12-19;/h1-4,16,21H,5-13H2;1H. The van der Waals surface area contributed by atoms with Gasteiger partial charge in [-0.3, -0.25) is 9.59 Å². The van der Waals surface area contributed by atoms with Crippen LogP contribution in [-0.2, 0) is 4.79 Å². The predicted molar refractivity (Wildman–Crippen MR) is 112 cm³/mol. The van der Waals surface area contributed by atoms with Crippen molar-refractivity contribution in [1.82, 2.24) is 15.1 Å². The molecule has 0 bridgehead atoms. The van der Waals surface area contributed by atoms with E-state index in [2.05, 4.69) is 5.32 Å². The molecule has 4 rings (SSSR count). The summed E-state index contributed by atoms with van der Waals surface area (Å²) in [4.78, 5) is 29.6. The second-order valence-electron chi connectivity index (χ2n) is 7.55. The zero-order chi connectivity index (χ0) is 18.1. The number of benzene rings is 1. The molecule has 0 radical (unpaired) electrons. The van der Waals surface area contributed by atoms with Crippen molar-refractivity contribution in [1.29, 1.82) is 0 Å². The number of piperidine rings is 1. The number of likely N-dealkylation sites (tertiary alicyclic amines) is 1. The summed E-state index contributed by atoms with van der Waals surface area (Å²) >= 11 is 7.56. The number of thioether (sulfide) groups is 1. The van der Waals surface area contributed by atoms with Crippen molar-refractivity contribution in [3.8, 4) is 0 Å². The van der Waals surface area contributed by atoms with Gasteiger partial charge in [-0.05, 0) is 55.5 Å². The molecule has 1 aromatic rings. The largest absolute Gasteiger partial charge is 0.341 e. The molecule has 5 nitrogen and oxygen atoms in total. The smallest absolute Gasteiger partial charge is 0.255 e. The summed E-state index contributed by atoms with van der Waals surface area (Å²) in [5, 5.41) is 4.06. The third-order valence-corrected chi connectivity index (χ3v) is 7.25. The Morgan fingerprint density at radius 1 is 1.15 bits per heavy atom. The van der Waals surface area contributed by atoms with Gasteiger partial charge in [0.2, 0.25) is 5.91 Å². The molecular formula is C19H25Cl2N3O2S. The molecular weight excluding hydrogens is 405 g/mol. The Bertz CT molecular complexity index is 685. The van der Waals surface area contributed by atoms with E-state index >= 15 is 0 Å². The third kappa shape index (κ3) is 4.24. The molecule has 0 saturated carbocycles. The van der Waals surface area contributed by atoms with Gasteiger partial charge >= 0.3 is 0 Å². The first kappa shape index (κ1) is 20.8. The Labute approximate surface area is 175 Å². The number of rotatable bonds is 2. The number of carbonyl (C=O) groups is 2. The first-order valence-electron chi connectivity index (χ1n) is 9.22. The summed E-state index contributed by atoms with van der Waals surface area (Å²) in [6, 6.07) is 6.54. The maximum Gasteiger partial charge on any atom is 0.255 e. The number of halogens is 2. The van der Waals surface area contributed by atoms with Crippen molar-refractivity contribution >= 4 is 47.6 Å². The summed E-state index contributed by atoms with van der Waals surface area (Å²) in [6.45, 7) is 3.79. The topological polar surface area (TPSA) is 52.7 Å². The average Bonchev–Trinajstić information content (AvgIpc) is 3.32. The predicted octanol–water partition coefficient (Wildman–Crippen LogP) is 2.88. The molecule has 1 unspecified atom stereocenters. The van der Waals surface area contributed by atoms with Gasteiger partial charge < -0.3 is 15.1 Å².